The highest BCUT2D eigenvalue weighted by molar-refractivity contribution is 7.90. The molecule has 7 aliphatic heterocycles. The minimum absolute atomic E-state index is 0. The quantitative estimate of drug-likeness (QED) is 0.0357. The van der Waals surface area contributed by atoms with E-state index in [1.165, 1.54) is 86.8 Å². The van der Waals surface area contributed by atoms with E-state index in [4.69, 9.17) is 58.0 Å². The molecular formula is C93H110Cl5N25O17S7. The summed E-state index contributed by atoms with van der Waals surface area (Å²) >= 11 is 31.1. The summed E-state index contributed by atoms with van der Waals surface area (Å²) in [5.41, 5.74) is 0. The maximum absolute atomic E-state index is 13.2. The number of imidazole rings is 2. The summed E-state index contributed by atoms with van der Waals surface area (Å²) in [7, 11) is -18.8. The van der Waals surface area contributed by atoms with Gasteiger partial charge >= 0.3 is 0 Å². The van der Waals surface area contributed by atoms with Crippen molar-refractivity contribution in [3.05, 3.63) is 222 Å². The number of sulfonamides is 5. The third kappa shape index (κ3) is 27.3. The summed E-state index contributed by atoms with van der Waals surface area (Å²) in [6.07, 6.45) is 31.1. The van der Waals surface area contributed by atoms with E-state index in [0.29, 0.717) is 155 Å². The van der Waals surface area contributed by atoms with Crippen LogP contribution in [0.3, 0.4) is 0 Å². The molecule has 8 aromatic heterocycles. The zero-order valence-electron chi connectivity index (χ0n) is 76.6. The fraction of sp³-hybridized carbons (Fsp3) is 0.366. The second-order valence-electron chi connectivity index (χ2n) is 34.2. The minimum Gasteiger partial charge on any atom is -0.350 e. The molecule has 7 amide bonds. The van der Waals surface area contributed by atoms with Crippen LogP contribution in [0.2, 0.25) is 25.1 Å². The van der Waals surface area contributed by atoms with Crippen molar-refractivity contribution in [2.24, 2.45) is 0 Å². The average Bonchev–Trinajstić information content (AvgIpc) is 1.76. The maximum Gasteiger partial charge on any atom is 0.243 e. The Morgan fingerprint density at radius 2 is 0.571 bits per heavy atom. The molecule has 5 aromatic carbocycles. The Kier molecular flexibility index (Phi) is 40.0. The predicted molar refractivity (Wildman–Crippen MR) is 565 cm³/mol. The summed E-state index contributed by atoms with van der Waals surface area (Å²) in [5.74, 6) is -1.21. The number of aromatic nitrogens is 13. The number of tetrazole rings is 1. The van der Waals surface area contributed by atoms with Gasteiger partial charge in [-0.05, 0) is 80.5 Å². The summed E-state index contributed by atoms with van der Waals surface area (Å²) in [6.45, 7) is 3.99. The number of halogens is 5. The molecule has 42 nitrogen and oxygen atoms in total. The molecular weight excluding hydrogens is 2140 g/mol. The van der Waals surface area contributed by atoms with Crippen LogP contribution in [-0.2, 0) is 103 Å². The van der Waals surface area contributed by atoms with Gasteiger partial charge in [0.05, 0.1) is 75.3 Å². The van der Waals surface area contributed by atoms with E-state index in [-0.39, 0.29) is 226 Å². The van der Waals surface area contributed by atoms with E-state index < -0.39 is 50.1 Å². The Bertz CT molecular complexity index is 6940. The molecule has 0 spiro atoms. The number of carbonyl (C=O) groups excluding carboxylic acids is 7. The van der Waals surface area contributed by atoms with Crippen LogP contribution in [0, 0.1) is 0 Å². The van der Waals surface area contributed by atoms with E-state index in [9.17, 15) is 75.7 Å². The van der Waals surface area contributed by atoms with Gasteiger partial charge in [-0.2, -0.15) is 53.3 Å². The molecule has 0 radical (unpaired) electrons. The van der Waals surface area contributed by atoms with Gasteiger partial charge in [-0.15, -0.1) is 10.2 Å². The number of nitrogens with zero attached hydrogens (tertiary/aromatic N) is 20. The maximum atomic E-state index is 13.2. The summed E-state index contributed by atoms with van der Waals surface area (Å²) < 4.78 is 142. The van der Waals surface area contributed by atoms with Crippen LogP contribution < -0.4 is 26.6 Å². The molecule has 54 heteroatoms. The van der Waals surface area contributed by atoms with Gasteiger partial charge in [0, 0.05) is 262 Å². The van der Waals surface area contributed by atoms with E-state index in [2.05, 4.69) is 76.9 Å². The van der Waals surface area contributed by atoms with Gasteiger partial charge < -0.3 is 45.5 Å². The van der Waals surface area contributed by atoms with Crippen molar-refractivity contribution in [3.8, 4) is 0 Å². The van der Waals surface area contributed by atoms with Gasteiger partial charge in [-0.3, -0.25) is 58.5 Å². The Balaban J connectivity index is 0.000000173. The Morgan fingerprint density at radius 1 is 0.327 bits per heavy atom. The fourth-order valence-electron chi connectivity index (χ4n) is 17.8. The van der Waals surface area contributed by atoms with Crippen LogP contribution in [0.15, 0.2) is 221 Å². The topological polar surface area (TPSA) is 517 Å². The van der Waals surface area contributed by atoms with Crippen molar-refractivity contribution >= 4 is 230 Å². The molecule has 7 aliphatic rings. The first-order valence-electron chi connectivity index (χ1n) is 44.8. The zero-order chi connectivity index (χ0) is 100. The van der Waals surface area contributed by atoms with Crippen LogP contribution in [-0.4, -0.2) is 301 Å². The molecule has 147 heavy (non-hydrogen) atoms. The highest BCUT2D eigenvalue weighted by Gasteiger charge is 2.42. The summed E-state index contributed by atoms with van der Waals surface area (Å²) in [4.78, 5) is 117. The first-order chi connectivity index (χ1) is 68.1. The lowest BCUT2D eigenvalue weighted by atomic mass is 10.2. The van der Waals surface area contributed by atoms with Gasteiger partial charge in [0.1, 0.15) is 19.6 Å². The third-order valence-corrected chi connectivity index (χ3v) is 35.6. The number of likely N-dealkylation sites (tertiary alicyclic amines) is 2. The molecule has 13 aromatic rings. The lowest BCUT2D eigenvalue weighted by Gasteiger charge is -2.20. The number of hydrogen-bond acceptors (Lipinski definition) is 27. The number of amides is 7. The molecule has 5 N–H and O–H groups in total. The van der Waals surface area contributed by atoms with Crippen molar-refractivity contribution in [2.75, 3.05) is 91.6 Å². The number of fused-ring (bicyclic) bond motifs is 5. The molecule has 20 rings (SSSR count). The lowest BCUT2D eigenvalue weighted by molar-refractivity contribution is -0.133. The van der Waals surface area contributed by atoms with Gasteiger partial charge in [0.25, 0.3) is 0 Å². The van der Waals surface area contributed by atoms with E-state index in [0.717, 1.165) is 17.6 Å². The lowest BCUT2D eigenvalue weighted by Crippen LogP contribution is -2.44. The summed E-state index contributed by atoms with van der Waals surface area (Å²) in [6, 6.07) is 23.5. The van der Waals surface area contributed by atoms with Crippen molar-refractivity contribution in [2.45, 2.75) is 154 Å². The number of nitrogens with one attached hydrogen (secondary N) is 5. The second-order valence-corrected chi connectivity index (χ2v) is 45.8. The predicted octanol–water partition coefficient (Wildman–Crippen LogP) is 8.70. The van der Waals surface area contributed by atoms with Gasteiger partial charge in [-0.1, -0.05) is 141 Å². The molecule has 0 bridgehead atoms. The first kappa shape index (κ1) is 116. The van der Waals surface area contributed by atoms with Crippen LogP contribution >= 0.6 is 85.0 Å². The molecule has 786 valence electrons. The van der Waals surface area contributed by atoms with Crippen LogP contribution in [0.25, 0.3) is 53.9 Å². The molecule has 7 saturated heterocycles. The molecule has 0 aliphatic carbocycles. The van der Waals surface area contributed by atoms with Gasteiger partial charge in [0.2, 0.25) is 91.5 Å². The van der Waals surface area contributed by atoms with Gasteiger partial charge in [-0.25, -0.2) is 52.1 Å². The smallest absolute Gasteiger partial charge is 0.243 e. The second kappa shape index (κ2) is 50.8. The Morgan fingerprint density at radius 3 is 0.789 bits per heavy atom. The van der Waals surface area contributed by atoms with Crippen LogP contribution in [0.5, 0.6) is 0 Å². The van der Waals surface area contributed by atoms with Crippen LogP contribution in [0.1, 0.15) is 80.1 Å². The van der Waals surface area contributed by atoms with Crippen molar-refractivity contribution in [1.82, 2.24) is 122 Å². The van der Waals surface area contributed by atoms with E-state index in [1.54, 1.807) is 150 Å². The number of rotatable bonds is 25. The summed E-state index contributed by atoms with van der Waals surface area (Å²) in [5, 5.41) is 32.2. The average molecular weight is 2250 g/mol. The van der Waals surface area contributed by atoms with Crippen LogP contribution in [0.4, 0.5) is 0 Å². The van der Waals surface area contributed by atoms with Crippen molar-refractivity contribution < 1.29 is 75.7 Å². The number of benzene rings is 5. The molecule has 0 saturated carbocycles. The monoisotopic (exact) mass is 2250 g/mol. The van der Waals surface area contributed by atoms with Gasteiger partial charge in [0.15, 0.2) is 6.33 Å². The molecule has 5 atom stereocenters. The zero-order valence-corrected chi connectivity index (χ0v) is 86.4. The largest absolute Gasteiger partial charge is 0.350 e. The number of pyridine rings is 5. The SMILES string of the molecule is C.C.C.O=C(CN1CCCC1=O)N[C@@H]1CCN(S(=O)(=O)c2cccc3cncc(Cl)c23)C1.O=C(CN1CCCC1=O)N[C@H]1CCN(S(=O)(=O)c2cccc3cncc(Cl)c23)C1.O=C(Cn1ccnc1)N[C@@H]1CCN(S(=O)(=O)c2cccc3cncc(Cl)c23)C1.O=C(Cn1ccnc1)N[C@H]1CCN(S(=O)(=O)c2cccc3cncc(Cl)c23)C1.O=C(Cn1ncnn1)N[C@@H]1CCN(S(=O)(=O)c2cccc3cncc(Cl)c23)C1.S.S. The Labute approximate surface area is 888 Å². The first-order valence-corrected chi connectivity index (χ1v) is 53.9. The number of hydrogen-bond donors (Lipinski definition) is 5. The Hall–Kier alpha value is -11.4. The molecule has 7 fully saturated rings. The number of carbonyl (C=O) groups is 7. The normalized spacial score (nSPS) is 18.3. The van der Waals surface area contributed by atoms with E-state index >= 15 is 0 Å². The fourth-order valence-corrected chi connectivity index (χ4v) is 28.1. The third-order valence-electron chi connectivity index (χ3n) is 24.6. The minimum atomic E-state index is -3.78. The van der Waals surface area contributed by atoms with Crippen molar-refractivity contribution in [1.29, 1.82) is 0 Å². The highest BCUT2D eigenvalue weighted by atomic mass is 35.5. The standard InChI is InChI=1S/2C19H21ClN4O4S.2C18H18ClN5O3S.C16H16ClN7O3S.3CH4.2H2S/c2*20-15-10-21-9-13-3-1-4-16(19(13)15)29(27,28)24-8-6-14(11-24)22-17(25)12-23-7-2-5-18(23)26;2*19-15-9-21-8-13-2-1-3-16(18(13)15)28(26,27)24-6-4-14(10-24)22-17(25)11-23-7-5-20-12-23;17-13-7-18-6-11-2-1-3-14(16(11)13)28(26,27)23-5-4-12(8-23)21-15(25)9-24-20-10-19-22-24;;;;;/h2*1,3-4,9-10,14H,2,5-8,11-12H2,(H,22,25);2*1-3,5,7-9,12,14H,4,6,10-11H2,(H,22,25);1-3,6-7,10,12H,4-5,8-9H2,(H,21,25);3*1H4;2*1H2/t4*14-;12-;;;;;/m10101...../s1. The molecule has 0 unspecified atom stereocenters. The van der Waals surface area contributed by atoms with E-state index in [1.807, 2.05) is 0 Å². The molecule has 15 heterocycles. The van der Waals surface area contributed by atoms with Crippen molar-refractivity contribution in [3.63, 3.8) is 0 Å². The highest BCUT2D eigenvalue weighted by Crippen LogP contribution is 2.39.